The Morgan fingerprint density at radius 2 is 1.12 bits per heavy atom. The van der Waals surface area contributed by atoms with E-state index in [0.29, 0.717) is 0 Å². The second kappa shape index (κ2) is 11.3. The summed E-state index contributed by atoms with van der Waals surface area (Å²) in [6.07, 6.45) is 15.1. The van der Waals surface area contributed by atoms with E-state index in [-0.39, 0.29) is 6.61 Å². The first kappa shape index (κ1) is 19.0. The number of rotatable bonds is 12. The van der Waals surface area contributed by atoms with Gasteiger partial charge in [-0.1, -0.05) is 95.0 Å². The van der Waals surface area contributed by atoms with Gasteiger partial charge in [-0.25, -0.2) is 0 Å². The summed E-state index contributed by atoms with van der Waals surface area (Å²) in [5.41, 5.74) is 2.43. The molecule has 0 aliphatic rings. The molecule has 0 aromatic heterocycles. The van der Waals surface area contributed by atoms with Gasteiger partial charge < -0.3 is 5.11 Å². The first-order valence-electron chi connectivity index (χ1n) is 9.96. The van der Waals surface area contributed by atoms with Crippen LogP contribution >= 0.6 is 0 Å². The maximum absolute atomic E-state index is 9.21. The van der Waals surface area contributed by atoms with E-state index in [1.807, 2.05) is 6.07 Å². The van der Waals surface area contributed by atoms with Gasteiger partial charge in [0, 0.05) is 0 Å². The topological polar surface area (TPSA) is 20.2 Å². The van der Waals surface area contributed by atoms with Gasteiger partial charge in [0.15, 0.2) is 0 Å². The molecule has 0 heterocycles. The Kier molecular flexibility index (Phi) is 8.91. The van der Waals surface area contributed by atoms with Crippen molar-refractivity contribution in [2.75, 3.05) is 0 Å². The fourth-order valence-electron chi connectivity index (χ4n) is 3.42. The SMILES string of the molecule is CCCCCCCCCCCCc1ccc2cc(CO)ccc2c1. The Hall–Kier alpha value is -1.34. The fourth-order valence-corrected chi connectivity index (χ4v) is 3.42. The van der Waals surface area contributed by atoms with Gasteiger partial charge in [0.05, 0.1) is 6.61 Å². The molecule has 2 aromatic rings. The molecule has 1 nitrogen and oxygen atoms in total. The molecule has 2 aromatic carbocycles. The van der Waals surface area contributed by atoms with E-state index in [1.54, 1.807) is 0 Å². The summed E-state index contributed by atoms with van der Waals surface area (Å²) in [6.45, 7) is 2.40. The number of unbranched alkanes of at least 4 members (excludes halogenated alkanes) is 9. The van der Waals surface area contributed by atoms with Crippen molar-refractivity contribution in [3.05, 3.63) is 47.5 Å². The van der Waals surface area contributed by atoms with E-state index in [2.05, 4.69) is 37.3 Å². The Balaban J connectivity index is 1.61. The molecule has 0 atom stereocenters. The van der Waals surface area contributed by atoms with Crippen molar-refractivity contribution < 1.29 is 5.11 Å². The Labute approximate surface area is 148 Å². The monoisotopic (exact) mass is 326 g/mol. The van der Waals surface area contributed by atoms with Crippen LogP contribution in [0.5, 0.6) is 0 Å². The molecule has 0 aliphatic carbocycles. The minimum absolute atomic E-state index is 0.121. The molecule has 1 N–H and O–H groups in total. The van der Waals surface area contributed by atoms with Crippen LogP contribution in [0.4, 0.5) is 0 Å². The average Bonchev–Trinajstić information content (AvgIpc) is 2.62. The molecule has 24 heavy (non-hydrogen) atoms. The minimum Gasteiger partial charge on any atom is -0.392 e. The quantitative estimate of drug-likeness (QED) is 0.425. The minimum atomic E-state index is 0.121. The van der Waals surface area contributed by atoms with Gasteiger partial charge in [-0.05, 0) is 40.8 Å². The van der Waals surface area contributed by atoms with Crippen LogP contribution in [0.15, 0.2) is 36.4 Å². The van der Waals surface area contributed by atoms with E-state index >= 15 is 0 Å². The molecule has 0 radical (unpaired) electrons. The third-order valence-electron chi connectivity index (χ3n) is 4.97. The molecular weight excluding hydrogens is 292 g/mol. The molecule has 0 spiro atoms. The van der Waals surface area contributed by atoms with Crippen LogP contribution in [0.3, 0.4) is 0 Å². The lowest BCUT2D eigenvalue weighted by molar-refractivity contribution is 0.282. The van der Waals surface area contributed by atoms with Crippen LogP contribution in [-0.4, -0.2) is 5.11 Å². The van der Waals surface area contributed by atoms with E-state index in [0.717, 1.165) is 5.56 Å². The zero-order valence-corrected chi connectivity index (χ0v) is 15.4. The lowest BCUT2D eigenvalue weighted by atomic mass is 10.0. The van der Waals surface area contributed by atoms with Gasteiger partial charge >= 0.3 is 0 Å². The molecule has 0 amide bonds. The highest BCUT2D eigenvalue weighted by atomic mass is 16.3. The molecule has 0 saturated heterocycles. The Morgan fingerprint density at radius 3 is 1.71 bits per heavy atom. The third kappa shape index (κ3) is 6.65. The number of fused-ring (bicyclic) bond motifs is 1. The number of hydrogen-bond acceptors (Lipinski definition) is 1. The van der Waals surface area contributed by atoms with Crippen LogP contribution in [0.2, 0.25) is 0 Å². The standard InChI is InChI=1S/C23H34O/c1-2-3-4-5-6-7-8-9-10-11-12-20-13-15-23-18-21(19-24)14-16-22(23)17-20/h13-18,24H,2-12,19H2,1H3. The summed E-state index contributed by atoms with van der Waals surface area (Å²) >= 11 is 0. The van der Waals surface area contributed by atoms with Crippen LogP contribution < -0.4 is 0 Å². The second-order valence-corrected chi connectivity index (χ2v) is 7.11. The fraction of sp³-hybridized carbons (Fsp3) is 0.565. The molecule has 0 saturated carbocycles. The van der Waals surface area contributed by atoms with E-state index < -0.39 is 0 Å². The average molecular weight is 327 g/mol. The van der Waals surface area contributed by atoms with Crippen LogP contribution in [0, 0.1) is 0 Å². The summed E-state index contributed by atoms with van der Waals surface area (Å²) < 4.78 is 0. The Morgan fingerprint density at radius 1 is 0.625 bits per heavy atom. The van der Waals surface area contributed by atoms with Gasteiger partial charge in [0.2, 0.25) is 0 Å². The molecule has 1 heteroatoms. The first-order valence-corrected chi connectivity index (χ1v) is 9.96. The zero-order valence-electron chi connectivity index (χ0n) is 15.4. The van der Waals surface area contributed by atoms with Crippen molar-refractivity contribution >= 4 is 10.8 Å². The van der Waals surface area contributed by atoms with Crippen LogP contribution in [0.25, 0.3) is 10.8 Å². The third-order valence-corrected chi connectivity index (χ3v) is 4.97. The van der Waals surface area contributed by atoms with Gasteiger partial charge in [0.25, 0.3) is 0 Å². The summed E-state index contributed by atoms with van der Waals surface area (Å²) in [6, 6.07) is 13.0. The number of benzene rings is 2. The summed E-state index contributed by atoms with van der Waals surface area (Å²) in [7, 11) is 0. The first-order chi connectivity index (χ1) is 11.8. The number of aliphatic hydroxyl groups is 1. The Bertz CT molecular complexity index is 588. The maximum atomic E-state index is 9.21. The van der Waals surface area contributed by atoms with Crippen molar-refractivity contribution in [3.8, 4) is 0 Å². The van der Waals surface area contributed by atoms with Crippen molar-refractivity contribution in [1.82, 2.24) is 0 Å². The highest BCUT2D eigenvalue weighted by Crippen LogP contribution is 2.20. The lowest BCUT2D eigenvalue weighted by Gasteiger charge is -2.06. The van der Waals surface area contributed by atoms with Gasteiger partial charge in [-0.3, -0.25) is 0 Å². The van der Waals surface area contributed by atoms with Crippen molar-refractivity contribution in [2.24, 2.45) is 0 Å². The molecule has 0 aliphatic heterocycles. The highest BCUT2D eigenvalue weighted by Gasteiger charge is 1.99. The molecule has 0 unspecified atom stereocenters. The number of hydrogen-bond donors (Lipinski definition) is 1. The normalized spacial score (nSPS) is 11.2. The van der Waals surface area contributed by atoms with E-state index in [9.17, 15) is 5.11 Å². The van der Waals surface area contributed by atoms with Gasteiger partial charge in [-0.2, -0.15) is 0 Å². The lowest BCUT2D eigenvalue weighted by Crippen LogP contribution is -1.88. The zero-order chi connectivity index (χ0) is 17.0. The summed E-state index contributed by atoms with van der Waals surface area (Å²) in [5, 5.41) is 11.7. The van der Waals surface area contributed by atoms with Crippen LogP contribution in [-0.2, 0) is 13.0 Å². The van der Waals surface area contributed by atoms with E-state index in [4.69, 9.17) is 0 Å². The maximum Gasteiger partial charge on any atom is 0.0682 e. The van der Waals surface area contributed by atoms with Crippen LogP contribution in [0.1, 0.15) is 82.3 Å². The van der Waals surface area contributed by atoms with Gasteiger partial charge in [0.1, 0.15) is 0 Å². The van der Waals surface area contributed by atoms with Gasteiger partial charge in [-0.15, -0.1) is 0 Å². The summed E-state index contributed by atoms with van der Waals surface area (Å²) in [5.74, 6) is 0. The predicted molar refractivity (Wildman–Crippen MR) is 105 cm³/mol. The largest absolute Gasteiger partial charge is 0.392 e. The molecular formula is C23H34O. The highest BCUT2D eigenvalue weighted by molar-refractivity contribution is 5.83. The molecule has 0 bridgehead atoms. The number of aliphatic hydroxyl groups excluding tert-OH is 1. The molecule has 0 fully saturated rings. The van der Waals surface area contributed by atoms with Crippen molar-refractivity contribution in [2.45, 2.75) is 84.2 Å². The smallest absolute Gasteiger partial charge is 0.0682 e. The van der Waals surface area contributed by atoms with E-state index in [1.165, 1.54) is 87.0 Å². The van der Waals surface area contributed by atoms with Crippen molar-refractivity contribution in [3.63, 3.8) is 0 Å². The predicted octanol–water partition coefficient (Wildman–Crippen LogP) is 6.80. The second-order valence-electron chi connectivity index (χ2n) is 7.11. The number of aryl methyl sites for hydroxylation is 1. The molecule has 132 valence electrons. The molecule has 2 rings (SSSR count). The van der Waals surface area contributed by atoms with Crippen molar-refractivity contribution in [1.29, 1.82) is 0 Å². The summed E-state index contributed by atoms with van der Waals surface area (Å²) in [4.78, 5) is 0.